The minimum atomic E-state index is 0.582. The van der Waals surface area contributed by atoms with Crippen molar-refractivity contribution in [1.29, 1.82) is 0 Å². The second-order valence-electron chi connectivity index (χ2n) is 6.22. The van der Waals surface area contributed by atoms with Crippen molar-refractivity contribution >= 4 is 0 Å². The zero-order valence-electron chi connectivity index (χ0n) is 13.1. The van der Waals surface area contributed by atoms with Gasteiger partial charge in [-0.25, -0.2) is 0 Å². The largest absolute Gasteiger partial charge is 0.493 e. The van der Waals surface area contributed by atoms with Crippen molar-refractivity contribution in [2.75, 3.05) is 20.3 Å². The Hall–Kier alpha value is -1.42. The lowest BCUT2D eigenvalue weighted by Gasteiger charge is -2.23. The van der Waals surface area contributed by atoms with Crippen LogP contribution in [0.4, 0.5) is 0 Å². The summed E-state index contributed by atoms with van der Waals surface area (Å²) in [7, 11) is 1.67. The second kappa shape index (κ2) is 6.14. The van der Waals surface area contributed by atoms with Gasteiger partial charge in [0.2, 0.25) is 5.75 Å². The molecule has 1 saturated carbocycles. The molecule has 1 N–H and O–H groups in total. The van der Waals surface area contributed by atoms with E-state index in [-0.39, 0.29) is 0 Å². The molecule has 0 radical (unpaired) electrons. The molecule has 1 aromatic rings. The van der Waals surface area contributed by atoms with Crippen LogP contribution in [-0.2, 0) is 6.54 Å². The summed E-state index contributed by atoms with van der Waals surface area (Å²) < 4.78 is 16.8. The molecule has 1 heterocycles. The first kappa shape index (κ1) is 14.5. The number of hydrogen-bond acceptors (Lipinski definition) is 4. The Labute approximate surface area is 126 Å². The predicted octanol–water partition coefficient (Wildman–Crippen LogP) is 2.99. The van der Waals surface area contributed by atoms with Crippen LogP contribution in [-0.4, -0.2) is 26.4 Å². The third kappa shape index (κ3) is 2.95. The molecule has 2 aliphatic rings. The highest BCUT2D eigenvalue weighted by Crippen LogP contribution is 2.40. The fourth-order valence-electron chi connectivity index (χ4n) is 3.33. The summed E-state index contributed by atoms with van der Waals surface area (Å²) in [4.78, 5) is 0. The Bertz CT molecular complexity index is 486. The summed E-state index contributed by atoms with van der Waals surface area (Å²) in [6.45, 7) is 6.72. The van der Waals surface area contributed by atoms with E-state index in [0.717, 1.165) is 35.6 Å². The van der Waals surface area contributed by atoms with E-state index in [9.17, 15) is 0 Å². The summed E-state index contributed by atoms with van der Waals surface area (Å²) in [5, 5.41) is 3.68. The Morgan fingerprint density at radius 1 is 1.19 bits per heavy atom. The molecule has 0 bridgehead atoms. The maximum Gasteiger partial charge on any atom is 0.203 e. The van der Waals surface area contributed by atoms with Gasteiger partial charge < -0.3 is 19.5 Å². The van der Waals surface area contributed by atoms with Gasteiger partial charge in [0, 0.05) is 12.6 Å². The van der Waals surface area contributed by atoms with E-state index in [1.807, 2.05) is 6.07 Å². The van der Waals surface area contributed by atoms with E-state index in [4.69, 9.17) is 14.2 Å². The maximum atomic E-state index is 5.68. The summed E-state index contributed by atoms with van der Waals surface area (Å²) in [5.74, 6) is 3.85. The molecule has 0 saturated heterocycles. The highest BCUT2D eigenvalue weighted by molar-refractivity contribution is 5.54. The Morgan fingerprint density at radius 3 is 2.71 bits per heavy atom. The fraction of sp³-hybridized carbons (Fsp3) is 0.647. The average molecular weight is 291 g/mol. The molecule has 116 valence electrons. The molecule has 21 heavy (non-hydrogen) atoms. The van der Waals surface area contributed by atoms with Gasteiger partial charge in [-0.05, 0) is 42.4 Å². The lowest BCUT2D eigenvalue weighted by Crippen LogP contribution is -2.31. The number of benzene rings is 1. The van der Waals surface area contributed by atoms with Crippen molar-refractivity contribution in [1.82, 2.24) is 5.32 Å². The van der Waals surface area contributed by atoms with Crippen LogP contribution in [0.1, 0.15) is 32.3 Å². The third-order valence-corrected chi connectivity index (χ3v) is 4.92. The SMILES string of the molecule is COc1cc(CNC2CCC(C)C2C)cc2c1OCCO2. The highest BCUT2D eigenvalue weighted by Gasteiger charge is 2.29. The smallest absolute Gasteiger partial charge is 0.203 e. The maximum absolute atomic E-state index is 5.68. The standard InChI is InChI=1S/C17H25NO3/c1-11-4-5-14(12(11)2)18-10-13-8-15(19-3)17-16(9-13)20-6-7-21-17/h8-9,11-12,14,18H,4-7,10H2,1-3H3. The zero-order chi connectivity index (χ0) is 14.8. The number of methoxy groups -OCH3 is 1. The van der Waals surface area contributed by atoms with Crippen LogP contribution in [0.2, 0.25) is 0 Å². The van der Waals surface area contributed by atoms with Crippen LogP contribution in [0.25, 0.3) is 0 Å². The monoisotopic (exact) mass is 291 g/mol. The molecule has 3 atom stereocenters. The molecular formula is C17H25NO3. The van der Waals surface area contributed by atoms with Gasteiger partial charge in [-0.3, -0.25) is 0 Å². The van der Waals surface area contributed by atoms with E-state index in [1.54, 1.807) is 7.11 Å². The molecule has 0 spiro atoms. The van der Waals surface area contributed by atoms with E-state index in [2.05, 4.69) is 25.2 Å². The molecular weight excluding hydrogens is 266 g/mol. The van der Waals surface area contributed by atoms with Crippen molar-refractivity contribution in [3.63, 3.8) is 0 Å². The quantitative estimate of drug-likeness (QED) is 0.925. The Morgan fingerprint density at radius 2 is 2.00 bits per heavy atom. The molecule has 4 heteroatoms. The minimum Gasteiger partial charge on any atom is -0.493 e. The van der Waals surface area contributed by atoms with Crippen molar-refractivity contribution in [3.05, 3.63) is 17.7 Å². The van der Waals surface area contributed by atoms with Gasteiger partial charge in [0.15, 0.2) is 11.5 Å². The number of rotatable bonds is 4. The summed E-state index contributed by atoms with van der Waals surface area (Å²) in [6, 6.07) is 4.72. The molecule has 0 amide bonds. The first-order valence-corrected chi connectivity index (χ1v) is 7.89. The third-order valence-electron chi connectivity index (χ3n) is 4.92. The van der Waals surface area contributed by atoms with Gasteiger partial charge in [0.05, 0.1) is 7.11 Å². The zero-order valence-corrected chi connectivity index (χ0v) is 13.1. The first-order valence-electron chi connectivity index (χ1n) is 7.89. The Balaban J connectivity index is 1.71. The van der Waals surface area contributed by atoms with E-state index < -0.39 is 0 Å². The Kier molecular flexibility index (Phi) is 4.24. The summed E-state index contributed by atoms with van der Waals surface area (Å²) in [6.07, 6.45) is 2.59. The van der Waals surface area contributed by atoms with Crippen molar-refractivity contribution in [2.45, 2.75) is 39.3 Å². The van der Waals surface area contributed by atoms with Crippen LogP contribution in [0.5, 0.6) is 17.2 Å². The van der Waals surface area contributed by atoms with Gasteiger partial charge in [-0.15, -0.1) is 0 Å². The molecule has 1 fully saturated rings. The molecule has 3 rings (SSSR count). The van der Waals surface area contributed by atoms with Gasteiger partial charge >= 0.3 is 0 Å². The van der Waals surface area contributed by atoms with Crippen molar-refractivity contribution < 1.29 is 14.2 Å². The van der Waals surface area contributed by atoms with Crippen LogP contribution in [0, 0.1) is 11.8 Å². The lowest BCUT2D eigenvalue weighted by molar-refractivity contribution is 0.165. The van der Waals surface area contributed by atoms with Crippen LogP contribution in [0.15, 0.2) is 12.1 Å². The first-order chi connectivity index (χ1) is 10.2. The van der Waals surface area contributed by atoms with Crippen LogP contribution in [0.3, 0.4) is 0 Å². The normalized spacial score (nSPS) is 27.7. The number of fused-ring (bicyclic) bond motifs is 1. The lowest BCUT2D eigenvalue weighted by atomic mass is 9.97. The highest BCUT2D eigenvalue weighted by atomic mass is 16.6. The van der Waals surface area contributed by atoms with E-state index in [0.29, 0.717) is 19.3 Å². The number of nitrogens with one attached hydrogen (secondary N) is 1. The fourth-order valence-corrected chi connectivity index (χ4v) is 3.33. The van der Waals surface area contributed by atoms with Crippen LogP contribution < -0.4 is 19.5 Å². The molecule has 0 aromatic heterocycles. The molecule has 1 aliphatic heterocycles. The molecule has 3 unspecified atom stereocenters. The second-order valence-corrected chi connectivity index (χ2v) is 6.22. The summed E-state index contributed by atoms with van der Waals surface area (Å²) in [5.41, 5.74) is 1.18. The van der Waals surface area contributed by atoms with Crippen molar-refractivity contribution in [2.24, 2.45) is 11.8 Å². The number of hydrogen-bond donors (Lipinski definition) is 1. The van der Waals surface area contributed by atoms with Crippen LogP contribution >= 0.6 is 0 Å². The van der Waals surface area contributed by atoms with Crippen molar-refractivity contribution in [3.8, 4) is 17.2 Å². The average Bonchev–Trinajstić information content (AvgIpc) is 2.83. The number of ether oxygens (including phenoxy) is 3. The molecule has 1 aromatic carbocycles. The topological polar surface area (TPSA) is 39.7 Å². The van der Waals surface area contributed by atoms with Gasteiger partial charge in [0.1, 0.15) is 13.2 Å². The minimum absolute atomic E-state index is 0.582. The predicted molar refractivity (Wildman–Crippen MR) is 82.2 cm³/mol. The summed E-state index contributed by atoms with van der Waals surface area (Å²) >= 11 is 0. The van der Waals surface area contributed by atoms with E-state index >= 15 is 0 Å². The van der Waals surface area contributed by atoms with Gasteiger partial charge in [-0.1, -0.05) is 13.8 Å². The molecule has 1 aliphatic carbocycles. The van der Waals surface area contributed by atoms with E-state index in [1.165, 1.54) is 18.4 Å². The van der Waals surface area contributed by atoms with Gasteiger partial charge in [-0.2, -0.15) is 0 Å². The van der Waals surface area contributed by atoms with Gasteiger partial charge in [0.25, 0.3) is 0 Å². The molecule has 4 nitrogen and oxygen atoms in total.